The average molecular weight is 353 g/mol. The third-order valence-corrected chi connectivity index (χ3v) is 4.01. The topological polar surface area (TPSA) is 85.5 Å². The van der Waals surface area contributed by atoms with Gasteiger partial charge in [0.15, 0.2) is 0 Å². The number of hydrogen-bond acceptors (Lipinski definition) is 3. The Morgan fingerprint density at radius 1 is 1.04 bits per heavy atom. The second-order valence-electron chi connectivity index (χ2n) is 5.96. The minimum absolute atomic E-state index is 0.113. The predicted molar refractivity (Wildman–Crippen MR) is 104 cm³/mol. The maximum Gasteiger partial charge on any atom is 0.321 e. The standard InChI is InChI=1S/C19H23N5O2/c25-18(21-11-5-10-20-15-6-2-1-3-7-15)23-16-8-4-9-17(14-16)24-13-12-22-19(24)26/h1-4,6-9,14,20H,5,10-13H2,(H,22,26)(H2,21,23,25). The van der Waals surface area contributed by atoms with Gasteiger partial charge in [-0.1, -0.05) is 24.3 Å². The summed E-state index contributed by atoms with van der Waals surface area (Å²) >= 11 is 0. The Morgan fingerprint density at radius 3 is 2.62 bits per heavy atom. The maximum absolute atomic E-state index is 12.0. The first kappa shape index (κ1) is 17.6. The zero-order valence-electron chi connectivity index (χ0n) is 14.5. The molecule has 1 heterocycles. The van der Waals surface area contributed by atoms with Crippen LogP contribution in [0, 0.1) is 0 Å². The number of nitrogens with zero attached hydrogens (tertiary/aromatic N) is 1. The zero-order chi connectivity index (χ0) is 18.2. The Bertz CT molecular complexity index is 751. The molecule has 2 aromatic carbocycles. The molecule has 1 aliphatic rings. The van der Waals surface area contributed by atoms with Gasteiger partial charge < -0.3 is 21.3 Å². The van der Waals surface area contributed by atoms with Gasteiger partial charge >= 0.3 is 12.1 Å². The number of carbonyl (C=O) groups is 2. The van der Waals surface area contributed by atoms with Crippen molar-refractivity contribution in [3.05, 3.63) is 54.6 Å². The van der Waals surface area contributed by atoms with Crippen LogP contribution in [0.4, 0.5) is 26.7 Å². The summed E-state index contributed by atoms with van der Waals surface area (Å²) in [6.45, 7) is 2.61. The molecule has 4 amide bonds. The van der Waals surface area contributed by atoms with E-state index in [1.165, 1.54) is 0 Å². The average Bonchev–Trinajstić information content (AvgIpc) is 3.08. The van der Waals surface area contributed by atoms with Gasteiger partial charge in [-0.05, 0) is 36.8 Å². The molecular formula is C19H23N5O2. The highest BCUT2D eigenvalue weighted by atomic mass is 16.2. The summed E-state index contributed by atoms with van der Waals surface area (Å²) in [6.07, 6.45) is 0.816. The second-order valence-corrected chi connectivity index (χ2v) is 5.96. The molecule has 0 unspecified atom stereocenters. The molecule has 7 nitrogen and oxygen atoms in total. The molecule has 7 heteroatoms. The van der Waals surface area contributed by atoms with Crippen molar-refractivity contribution in [2.45, 2.75) is 6.42 Å². The fraction of sp³-hybridized carbons (Fsp3) is 0.263. The number of rotatable bonds is 7. The van der Waals surface area contributed by atoms with Crippen LogP contribution in [0.5, 0.6) is 0 Å². The van der Waals surface area contributed by atoms with Crippen LogP contribution < -0.4 is 26.2 Å². The van der Waals surface area contributed by atoms with Crippen molar-refractivity contribution in [3.8, 4) is 0 Å². The highest BCUT2D eigenvalue weighted by molar-refractivity contribution is 5.95. The van der Waals surface area contributed by atoms with Crippen LogP contribution in [-0.4, -0.2) is 38.2 Å². The van der Waals surface area contributed by atoms with Crippen molar-refractivity contribution < 1.29 is 9.59 Å². The predicted octanol–water partition coefficient (Wildman–Crippen LogP) is 2.84. The third-order valence-electron chi connectivity index (χ3n) is 4.01. The van der Waals surface area contributed by atoms with Gasteiger partial charge in [-0.3, -0.25) is 4.90 Å². The Morgan fingerprint density at radius 2 is 1.85 bits per heavy atom. The van der Waals surface area contributed by atoms with Gasteiger partial charge in [0.2, 0.25) is 0 Å². The lowest BCUT2D eigenvalue weighted by Crippen LogP contribution is -2.31. The van der Waals surface area contributed by atoms with E-state index in [1.54, 1.807) is 17.0 Å². The molecule has 0 atom stereocenters. The fourth-order valence-electron chi connectivity index (χ4n) is 2.72. The summed E-state index contributed by atoms with van der Waals surface area (Å²) in [6, 6.07) is 16.8. The summed E-state index contributed by atoms with van der Waals surface area (Å²) in [4.78, 5) is 25.4. The summed E-state index contributed by atoms with van der Waals surface area (Å²) in [5.41, 5.74) is 2.49. The molecule has 0 saturated carbocycles. The van der Waals surface area contributed by atoms with E-state index in [4.69, 9.17) is 0 Å². The Labute approximate surface area is 152 Å². The second kappa shape index (κ2) is 8.75. The van der Waals surface area contributed by atoms with E-state index in [-0.39, 0.29) is 12.1 Å². The smallest absolute Gasteiger partial charge is 0.321 e. The normalized spacial score (nSPS) is 13.2. The Kier molecular flexibility index (Phi) is 5.92. The van der Waals surface area contributed by atoms with Gasteiger partial charge in [-0.15, -0.1) is 0 Å². The van der Waals surface area contributed by atoms with Gasteiger partial charge in [0.25, 0.3) is 0 Å². The van der Waals surface area contributed by atoms with E-state index >= 15 is 0 Å². The van der Waals surface area contributed by atoms with Crippen LogP contribution in [0.25, 0.3) is 0 Å². The van der Waals surface area contributed by atoms with E-state index in [1.807, 2.05) is 42.5 Å². The van der Waals surface area contributed by atoms with Crippen LogP contribution in [-0.2, 0) is 0 Å². The molecule has 4 N–H and O–H groups in total. The minimum Gasteiger partial charge on any atom is -0.385 e. The number of anilines is 3. The van der Waals surface area contributed by atoms with Gasteiger partial charge in [-0.25, -0.2) is 9.59 Å². The molecule has 0 spiro atoms. The van der Waals surface area contributed by atoms with E-state index in [2.05, 4.69) is 21.3 Å². The Balaban J connectivity index is 1.40. The van der Waals surface area contributed by atoms with E-state index in [0.717, 1.165) is 24.3 Å². The summed E-state index contributed by atoms with van der Waals surface area (Å²) in [7, 11) is 0. The molecular weight excluding hydrogens is 330 g/mol. The molecule has 2 aromatic rings. The van der Waals surface area contributed by atoms with Gasteiger partial charge in [0.1, 0.15) is 0 Å². The molecule has 0 bridgehead atoms. The van der Waals surface area contributed by atoms with Crippen LogP contribution in [0.1, 0.15) is 6.42 Å². The largest absolute Gasteiger partial charge is 0.385 e. The summed E-state index contributed by atoms with van der Waals surface area (Å²) in [5, 5.41) is 11.7. The number of carbonyl (C=O) groups excluding carboxylic acids is 2. The number of para-hydroxylation sites is 1. The van der Waals surface area contributed by atoms with Crippen molar-refractivity contribution in [1.29, 1.82) is 0 Å². The molecule has 0 radical (unpaired) electrons. The lowest BCUT2D eigenvalue weighted by Gasteiger charge is -2.15. The Hall–Kier alpha value is -3.22. The van der Waals surface area contributed by atoms with Gasteiger partial charge in [0, 0.05) is 43.2 Å². The highest BCUT2D eigenvalue weighted by Crippen LogP contribution is 2.20. The zero-order valence-corrected chi connectivity index (χ0v) is 14.5. The summed E-state index contributed by atoms with van der Waals surface area (Å²) < 4.78 is 0. The van der Waals surface area contributed by atoms with Gasteiger partial charge in [0.05, 0.1) is 0 Å². The number of amides is 4. The van der Waals surface area contributed by atoms with Crippen LogP contribution in [0.15, 0.2) is 54.6 Å². The SMILES string of the molecule is O=C(NCCCNc1ccccc1)Nc1cccc(N2CCNC2=O)c1. The molecule has 1 fully saturated rings. The summed E-state index contributed by atoms with van der Waals surface area (Å²) in [5.74, 6) is 0. The maximum atomic E-state index is 12.0. The number of hydrogen-bond donors (Lipinski definition) is 4. The quantitative estimate of drug-likeness (QED) is 0.578. The first-order valence-corrected chi connectivity index (χ1v) is 8.71. The molecule has 136 valence electrons. The molecule has 26 heavy (non-hydrogen) atoms. The van der Waals surface area contributed by atoms with Crippen molar-refractivity contribution in [2.24, 2.45) is 0 Å². The van der Waals surface area contributed by atoms with Crippen LogP contribution >= 0.6 is 0 Å². The lowest BCUT2D eigenvalue weighted by molar-refractivity contribution is 0.251. The third kappa shape index (κ3) is 4.89. The molecule has 3 rings (SSSR count). The first-order valence-electron chi connectivity index (χ1n) is 8.71. The van der Waals surface area contributed by atoms with Gasteiger partial charge in [-0.2, -0.15) is 0 Å². The molecule has 1 aliphatic heterocycles. The van der Waals surface area contributed by atoms with E-state index < -0.39 is 0 Å². The number of benzene rings is 2. The molecule has 0 aromatic heterocycles. The van der Waals surface area contributed by atoms with Crippen molar-refractivity contribution in [3.63, 3.8) is 0 Å². The van der Waals surface area contributed by atoms with E-state index in [0.29, 0.717) is 25.3 Å². The monoisotopic (exact) mass is 353 g/mol. The van der Waals surface area contributed by atoms with E-state index in [9.17, 15) is 9.59 Å². The molecule has 0 aliphatic carbocycles. The minimum atomic E-state index is -0.257. The highest BCUT2D eigenvalue weighted by Gasteiger charge is 2.21. The van der Waals surface area contributed by atoms with Crippen LogP contribution in [0.2, 0.25) is 0 Å². The lowest BCUT2D eigenvalue weighted by atomic mass is 10.2. The van der Waals surface area contributed by atoms with Crippen molar-refractivity contribution >= 4 is 29.1 Å². The fourth-order valence-corrected chi connectivity index (χ4v) is 2.72. The number of urea groups is 2. The molecule has 1 saturated heterocycles. The van der Waals surface area contributed by atoms with Crippen molar-refractivity contribution in [2.75, 3.05) is 41.7 Å². The first-order chi connectivity index (χ1) is 12.7. The van der Waals surface area contributed by atoms with Crippen LogP contribution in [0.3, 0.4) is 0 Å². The van der Waals surface area contributed by atoms with Crippen molar-refractivity contribution in [1.82, 2.24) is 10.6 Å². The number of nitrogens with one attached hydrogen (secondary N) is 4.